The molecule has 8 heteroatoms. The lowest BCUT2D eigenvalue weighted by molar-refractivity contribution is -0.120. The molecule has 1 N–H and O–H groups in total. The fraction of sp³-hybridized carbons (Fsp3) is 0.440. The van der Waals surface area contributed by atoms with Crippen LogP contribution in [0.3, 0.4) is 0 Å². The molecule has 2 saturated heterocycles. The zero-order chi connectivity index (χ0) is 22.6. The van der Waals surface area contributed by atoms with Crippen LogP contribution in [0.4, 0.5) is 5.69 Å². The van der Waals surface area contributed by atoms with Crippen LogP contribution in [-0.2, 0) is 9.53 Å². The van der Waals surface area contributed by atoms with Crippen molar-refractivity contribution >= 4 is 34.0 Å². The Morgan fingerprint density at radius 2 is 2.00 bits per heavy atom. The van der Waals surface area contributed by atoms with Crippen molar-refractivity contribution in [1.29, 1.82) is 0 Å². The number of ether oxygens (including phenoxy) is 4. The van der Waals surface area contributed by atoms with Gasteiger partial charge in [-0.3, -0.25) is 4.79 Å². The molecule has 174 valence electrons. The Balaban J connectivity index is 1.55. The Bertz CT molecular complexity index is 1140. The maximum Gasteiger partial charge on any atom is 0.298 e. The third kappa shape index (κ3) is 4.41. The van der Waals surface area contributed by atoms with E-state index in [2.05, 4.69) is 10.2 Å². The van der Waals surface area contributed by atoms with Gasteiger partial charge in [0, 0.05) is 18.0 Å². The van der Waals surface area contributed by atoms with Gasteiger partial charge >= 0.3 is 0 Å². The first kappa shape index (κ1) is 21.7. The molecule has 0 saturated carbocycles. The van der Waals surface area contributed by atoms with Gasteiger partial charge in [0.15, 0.2) is 11.5 Å². The van der Waals surface area contributed by atoms with Crippen molar-refractivity contribution in [3.05, 3.63) is 30.3 Å². The summed E-state index contributed by atoms with van der Waals surface area (Å²) in [6.07, 6.45) is 3.45. The number of nitrogens with zero attached hydrogens (tertiary/aromatic N) is 2. The van der Waals surface area contributed by atoms with Crippen LogP contribution in [0.2, 0.25) is 0 Å². The summed E-state index contributed by atoms with van der Waals surface area (Å²) in [5.74, 6) is 1.21. The second kappa shape index (κ2) is 9.80. The maximum absolute atomic E-state index is 11.5. The number of hydrogen-bond acceptors (Lipinski definition) is 8. The van der Waals surface area contributed by atoms with E-state index >= 15 is 0 Å². The highest BCUT2D eigenvalue weighted by molar-refractivity contribution is 6.11. The minimum absolute atomic E-state index is 0.176. The molecule has 0 atom stereocenters. The minimum atomic E-state index is 0.176. The van der Waals surface area contributed by atoms with Gasteiger partial charge in [0.2, 0.25) is 5.75 Å². The summed E-state index contributed by atoms with van der Waals surface area (Å²) in [5, 5.41) is 5.18. The number of methoxy groups -OCH3 is 1. The fourth-order valence-electron chi connectivity index (χ4n) is 4.59. The lowest BCUT2D eigenvalue weighted by Gasteiger charge is -2.29. The molecule has 0 radical (unpaired) electrons. The molecule has 2 aliphatic heterocycles. The predicted octanol–water partition coefficient (Wildman–Crippen LogP) is 3.61. The molecule has 0 spiro atoms. The lowest BCUT2D eigenvalue weighted by Crippen LogP contribution is -2.40. The first-order valence-corrected chi connectivity index (χ1v) is 11.5. The van der Waals surface area contributed by atoms with Crippen LogP contribution in [0.15, 0.2) is 30.3 Å². The Kier molecular flexibility index (Phi) is 6.46. The van der Waals surface area contributed by atoms with Gasteiger partial charge in [0.05, 0.1) is 55.1 Å². The van der Waals surface area contributed by atoms with E-state index in [1.807, 2.05) is 30.3 Å². The van der Waals surface area contributed by atoms with Gasteiger partial charge in [-0.1, -0.05) is 18.2 Å². The zero-order valence-electron chi connectivity index (χ0n) is 18.8. The number of hydrogen-bond donors (Lipinski definition) is 1. The standard InChI is InChI=1S/C25H29N3O5/c1-30-24-21(32-12-6-11-28-9-4-5-10-28)13-20-22(25(24)33-16-29)23(26-17-14-31-15-17)18-7-2-3-8-19(18)27-20/h2-3,7-8,13,16-17H,4-6,9-12,14-15H2,1H3,(H,26,27). The number of nitrogens with one attached hydrogen (secondary N) is 1. The highest BCUT2D eigenvalue weighted by atomic mass is 16.6. The number of likely N-dealkylation sites (tertiary alicyclic amines) is 1. The summed E-state index contributed by atoms with van der Waals surface area (Å²) in [6, 6.07) is 9.95. The van der Waals surface area contributed by atoms with Gasteiger partial charge < -0.3 is 29.2 Å². The lowest BCUT2D eigenvalue weighted by atomic mass is 10.0. The minimum Gasteiger partial charge on any atom is -0.490 e. The molecule has 0 amide bonds. The van der Waals surface area contributed by atoms with Crippen molar-refractivity contribution in [3.63, 3.8) is 0 Å². The summed E-state index contributed by atoms with van der Waals surface area (Å²) < 4.78 is 22.6. The van der Waals surface area contributed by atoms with E-state index in [-0.39, 0.29) is 6.04 Å². The topological polar surface area (TPSA) is 82.2 Å². The summed E-state index contributed by atoms with van der Waals surface area (Å²) in [6.45, 7) is 5.53. The number of aromatic nitrogens is 1. The molecular formula is C25H29N3O5. The smallest absolute Gasteiger partial charge is 0.298 e. The summed E-state index contributed by atoms with van der Waals surface area (Å²) in [7, 11) is 1.55. The molecule has 0 bridgehead atoms. The van der Waals surface area contributed by atoms with E-state index in [0.717, 1.165) is 42.6 Å². The number of pyridine rings is 1. The molecule has 3 aromatic rings. The molecule has 0 aliphatic carbocycles. The molecule has 8 nitrogen and oxygen atoms in total. The van der Waals surface area contributed by atoms with Crippen LogP contribution in [0.25, 0.3) is 21.8 Å². The number of benzene rings is 2. The molecule has 33 heavy (non-hydrogen) atoms. The number of fused-ring (bicyclic) bond motifs is 2. The third-order valence-corrected chi connectivity index (χ3v) is 6.28. The van der Waals surface area contributed by atoms with E-state index in [9.17, 15) is 4.79 Å². The van der Waals surface area contributed by atoms with Gasteiger partial charge in [0.1, 0.15) is 0 Å². The molecule has 0 unspecified atom stereocenters. The van der Waals surface area contributed by atoms with E-state index in [1.165, 1.54) is 12.8 Å². The Morgan fingerprint density at radius 3 is 2.73 bits per heavy atom. The Hall–Kier alpha value is -3.10. The quantitative estimate of drug-likeness (QED) is 0.284. The molecule has 5 rings (SSSR count). The average Bonchev–Trinajstić information content (AvgIpc) is 3.32. The van der Waals surface area contributed by atoms with Gasteiger partial charge in [-0.15, -0.1) is 0 Å². The largest absolute Gasteiger partial charge is 0.490 e. The molecule has 2 aromatic carbocycles. The van der Waals surface area contributed by atoms with Crippen LogP contribution in [0.1, 0.15) is 19.3 Å². The SMILES string of the molecule is COc1c(OCCCN2CCCC2)cc2nc3ccccc3c(NC3COC3)c2c1OC=O. The first-order valence-electron chi connectivity index (χ1n) is 11.5. The number of anilines is 1. The summed E-state index contributed by atoms with van der Waals surface area (Å²) >= 11 is 0. The predicted molar refractivity (Wildman–Crippen MR) is 127 cm³/mol. The molecule has 2 aliphatic rings. The third-order valence-electron chi connectivity index (χ3n) is 6.28. The van der Waals surface area contributed by atoms with Crippen LogP contribution < -0.4 is 19.5 Å². The van der Waals surface area contributed by atoms with Crippen LogP contribution in [-0.4, -0.2) is 69.0 Å². The van der Waals surface area contributed by atoms with E-state index < -0.39 is 0 Å². The van der Waals surface area contributed by atoms with E-state index in [0.29, 0.717) is 54.4 Å². The monoisotopic (exact) mass is 451 g/mol. The Morgan fingerprint density at radius 1 is 1.18 bits per heavy atom. The molecule has 1 aromatic heterocycles. The van der Waals surface area contributed by atoms with Gasteiger partial charge in [-0.25, -0.2) is 4.98 Å². The van der Waals surface area contributed by atoms with Gasteiger partial charge in [-0.05, 0) is 38.4 Å². The number of para-hydroxylation sites is 1. The van der Waals surface area contributed by atoms with Crippen LogP contribution >= 0.6 is 0 Å². The second-order valence-electron chi connectivity index (χ2n) is 8.48. The normalized spacial score (nSPS) is 16.6. The maximum atomic E-state index is 11.5. The van der Waals surface area contributed by atoms with Crippen molar-refractivity contribution in [2.45, 2.75) is 25.3 Å². The van der Waals surface area contributed by atoms with Gasteiger partial charge in [-0.2, -0.15) is 0 Å². The Labute approximate surface area is 192 Å². The van der Waals surface area contributed by atoms with E-state index in [1.54, 1.807) is 7.11 Å². The molecular weight excluding hydrogens is 422 g/mol. The van der Waals surface area contributed by atoms with Crippen molar-refractivity contribution in [3.8, 4) is 17.2 Å². The van der Waals surface area contributed by atoms with Crippen molar-refractivity contribution < 1.29 is 23.7 Å². The van der Waals surface area contributed by atoms with Crippen molar-refractivity contribution in [1.82, 2.24) is 9.88 Å². The number of carbonyl (C=O) groups is 1. The van der Waals surface area contributed by atoms with E-state index in [4.69, 9.17) is 23.9 Å². The fourth-order valence-corrected chi connectivity index (χ4v) is 4.59. The highest BCUT2D eigenvalue weighted by Crippen LogP contribution is 2.47. The van der Waals surface area contributed by atoms with Crippen molar-refractivity contribution in [2.75, 3.05) is 51.9 Å². The summed E-state index contributed by atoms with van der Waals surface area (Å²) in [4.78, 5) is 18.8. The zero-order valence-corrected chi connectivity index (χ0v) is 18.8. The van der Waals surface area contributed by atoms with Crippen molar-refractivity contribution in [2.24, 2.45) is 0 Å². The van der Waals surface area contributed by atoms with Gasteiger partial charge in [0.25, 0.3) is 6.47 Å². The second-order valence-corrected chi connectivity index (χ2v) is 8.48. The van der Waals surface area contributed by atoms with Crippen LogP contribution in [0, 0.1) is 0 Å². The molecule has 3 heterocycles. The number of rotatable bonds is 10. The van der Waals surface area contributed by atoms with Crippen LogP contribution in [0.5, 0.6) is 17.2 Å². The first-order chi connectivity index (χ1) is 16.3. The highest BCUT2D eigenvalue weighted by Gasteiger charge is 2.26. The summed E-state index contributed by atoms with van der Waals surface area (Å²) in [5.41, 5.74) is 2.36. The average molecular weight is 452 g/mol. The molecule has 2 fully saturated rings. The number of carbonyl (C=O) groups excluding carboxylic acids is 1.